The van der Waals surface area contributed by atoms with E-state index in [1.165, 1.54) is 0 Å². The summed E-state index contributed by atoms with van der Waals surface area (Å²) in [6.07, 6.45) is -0.107. The lowest BCUT2D eigenvalue weighted by molar-refractivity contribution is -0.136. The fourth-order valence-electron chi connectivity index (χ4n) is 1.12. The minimum Gasteiger partial charge on any atom is -0.481 e. The summed E-state index contributed by atoms with van der Waals surface area (Å²) < 4.78 is 5.26. The van der Waals surface area contributed by atoms with E-state index in [9.17, 15) is 9.59 Å². The number of rotatable bonds is 5. The number of oxazole rings is 1. The topological polar surface area (TPSA) is 104 Å². The first-order valence-electron chi connectivity index (χ1n) is 5.15. The lowest BCUT2D eigenvalue weighted by Gasteiger charge is -2.03. The molecule has 1 rings (SSSR count). The predicted molar refractivity (Wildman–Crippen MR) is 58.5 cm³/mol. The van der Waals surface area contributed by atoms with Crippen molar-refractivity contribution in [2.24, 2.45) is 0 Å². The summed E-state index contributed by atoms with van der Waals surface area (Å²) in [6, 6.07) is -0.445. The van der Waals surface area contributed by atoms with Crippen LogP contribution in [0.3, 0.4) is 0 Å². The van der Waals surface area contributed by atoms with Gasteiger partial charge in [-0.15, -0.1) is 0 Å². The number of amides is 2. The largest absolute Gasteiger partial charge is 0.481 e. The smallest absolute Gasteiger partial charge is 0.315 e. The lowest BCUT2D eigenvalue weighted by Crippen LogP contribution is -2.36. The monoisotopic (exact) mass is 241 g/mol. The highest BCUT2D eigenvalue weighted by atomic mass is 16.4. The Bertz CT molecular complexity index is 394. The predicted octanol–water partition coefficient (Wildman–Crippen LogP) is 0.565. The molecule has 1 aromatic heterocycles. The van der Waals surface area contributed by atoms with E-state index in [-0.39, 0.29) is 19.5 Å². The first-order valence-corrected chi connectivity index (χ1v) is 5.15. The number of nitrogens with one attached hydrogen (secondary N) is 2. The van der Waals surface area contributed by atoms with Gasteiger partial charge in [-0.25, -0.2) is 9.78 Å². The fourth-order valence-corrected chi connectivity index (χ4v) is 1.12. The van der Waals surface area contributed by atoms with E-state index in [1.54, 1.807) is 6.92 Å². The summed E-state index contributed by atoms with van der Waals surface area (Å²) in [5, 5.41) is 13.3. The Hall–Kier alpha value is -2.05. The third kappa shape index (κ3) is 4.54. The van der Waals surface area contributed by atoms with Crippen molar-refractivity contribution < 1.29 is 19.1 Å². The number of aromatic nitrogens is 1. The molecule has 0 aliphatic rings. The molecule has 0 saturated heterocycles. The summed E-state index contributed by atoms with van der Waals surface area (Å²) >= 11 is 0. The van der Waals surface area contributed by atoms with E-state index in [0.717, 1.165) is 5.69 Å². The third-order valence-electron chi connectivity index (χ3n) is 2.10. The number of carboxylic acid groups (broad SMARTS) is 1. The molecule has 7 nitrogen and oxygen atoms in total. The Labute approximate surface area is 98.2 Å². The number of carboxylic acids is 1. The zero-order valence-electron chi connectivity index (χ0n) is 9.74. The molecule has 0 fully saturated rings. The highest BCUT2D eigenvalue weighted by Crippen LogP contribution is 2.07. The van der Waals surface area contributed by atoms with Crippen molar-refractivity contribution in [1.29, 1.82) is 0 Å². The summed E-state index contributed by atoms with van der Waals surface area (Å²) in [5.74, 6) is 0.186. The van der Waals surface area contributed by atoms with E-state index >= 15 is 0 Å². The zero-order valence-corrected chi connectivity index (χ0v) is 9.74. The van der Waals surface area contributed by atoms with Crippen molar-refractivity contribution in [3.8, 4) is 0 Å². The Morgan fingerprint density at radius 1 is 1.35 bits per heavy atom. The van der Waals surface area contributed by atoms with Crippen LogP contribution in [-0.4, -0.2) is 28.6 Å². The first kappa shape index (κ1) is 13.0. The van der Waals surface area contributed by atoms with Gasteiger partial charge in [0.1, 0.15) is 5.76 Å². The molecule has 94 valence electrons. The molecule has 1 heterocycles. The molecule has 0 bridgehead atoms. The van der Waals surface area contributed by atoms with Gasteiger partial charge in [-0.05, 0) is 13.8 Å². The van der Waals surface area contributed by atoms with Crippen LogP contribution < -0.4 is 10.6 Å². The van der Waals surface area contributed by atoms with Crippen LogP contribution in [0.25, 0.3) is 0 Å². The number of nitrogens with zero attached hydrogens (tertiary/aromatic N) is 1. The number of carbonyl (C=O) groups is 2. The van der Waals surface area contributed by atoms with Crippen LogP contribution in [0.2, 0.25) is 0 Å². The van der Waals surface area contributed by atoms with Gasteiger partial charge >= 0.3 is 12.0 Å². The molecule has 7 heteroatoms. The van der Waals surface area contributed by atoms with Crippen LogP contribution in [0.1, 0.15) is 23.8 Å². The Kier molecular flexibility index (Phi) is 4.50. The Morgan fingerprint density at radius 3 is 2.59 bits per heavy atom. The third-order valence-corrected chi connectivity index (χ3v) is 2.10. The van der Waals surface area contributed by atoms with Gasteiger partial charge in [-0.3, -0.25) is 4.79 Å². The number of hydrogen-bond donors (Lipinski definition) is 3. The van der Waals surface area contributed by atoms with Crippen LogP contribution in [0.15, 0.2) is 4.42 Å². The molecule has 0 aliphatic heterocycles. The second-order valence-corrected chi connectivity index (χ2v) is 3.50. The van der Waals surface area contributed by atoms with E-state index in [1.807, 2.05) is 6.92 Å². The molecule has 0 aliphatic carbocycles. The van der Waals surface area contributed by atoms with Crippen molar-refractivity contribution >= 4 is 12.0 Å². The highest BCUT2D eigenvalue weighted by Gasteiger charge is 2.07. The SMILES string of the molecule is Cc1nc(CNC(=O)NCCC(=O)O)oc1C. The van der Waals surface area contributed by atoms with Crippen LogP contribution >= 0.6 is 0 Å². The molecular formula is C10H15N3O4. The van der Waals surface area contributed by atoms with Gasteiger partial charge in [0.2, 0.25) is 5.89 Å². The van der Waals surface area contributed by atoms with E-state index < -0.39 is 12.0 Å². The number of urea groups is 1. The maximum atomic E-state index is 11.2. The summed E-state index contributed by atoms with van der Waals surface area (Å²) in [6.45, 7) is 3.87. The maximum Gasteiger partial charge on any atom is 0.315 e. The molecule has 0 atom stereocenters. The van der Waals surface area contributed by atoms with Gasteiger partial charge in [0.05, 0.1) is 18.7 Å². The molecule has 0 radical (unpaired) electrons. The molecular weight excluding hydrogens is 226 g/mol. The minimum absolute atomic E-state index is 0.0881. The highest BCUT2D eigenvalue weighted by molar-refractivity contribution is 5.74. The lowest BCUT2D eigenvalue weighted by atomic mass is 10.4. The van der Waals surface area contributed by atoms with Crippen LogP contribution in [-0.2, 0) is 11.3 Å². The number of carbonyl (C=O) groups excluding carboxylic acids is 1. The molecule has 0 aromatic carbocycles. The van der Waals surface area contributed by atoms with Gasteiger partial charge in [0, 0.05) is 6.54 Å². The number of aryl methyl sites for hydroxylation is 2. The van der Waals surface area contributed by atoms with Crippen molar-refractivity contribution in [1.82, 2.24) is 15.6 Å². The molecule has 17 heavy (non-hydrogen) atoms. The molecule has 0 unspecified atom stereocenters. The normalized spacial score (nSPS) is 10.0. The quantitative estimate of drug-likeness (QED) is 0.698. The standard InChI is InChI=1S/C10H15N3O4/c1-6-7(2)17-8(13-6)5-12-10(16)11-4-3-9(14)15/h3-5H2,1-2H3,(H,14,15)(H2,11,12,16). The number of aliphatic carboxylic acids is 1. The zero-order chi connectivity index (χ0) is 12.8. The minimum atomic E-state index is -0.954. The number of hydrogen-bond acceptors (Lipinski definition) is 4. The van der Waals surface area contributed by atoms with Gasteiger partial charge in [0.15, 0.2) is 0 Å². The Balaban J connectivity index is 2.26. The second-order valence-electron chi connectivity index (χ2n) is 3.50. The molecule has 2 amide bonds. The van der Waals surface area contributed by atoms with Crippen LogP contribution in [0.4, 0.5) is 4.79 Å². The molecule has 0 saturated carbocycles. The van der Waals surface area contributed by atoms with Gasteiger partial charge < -0.3 is 20.2 Å². The van der Waals surface area contributed by atoms with Crippen molar-refractivity contribution in [3.05, 3.63) is 17.3 Å². The van der Waals surface area contributed by atoms with E-state index in [4.69, 9.17) is 9.52 Å². The summed E-state index contributed by atoms with van der Waals surface area (Å²) in [7, 11) is 0. The molecule has 1 aromatic rings. The van der Waals surface area contributed by atoms with Gasteiger partial charge in [0.25, 0.3) is 0 Å². The summed E-state index contributed by atoms with van der Waals surface area (Å²) in [4.78, 5) is 25.5. The first-order chi connectivity index (χ1) is 7.99. The fraction of sp³-hybridized carbons (Fsp3) is 0.500. The van der Waals surface area contributed by atoms with Crippen molar-refractivity contribution in [2.75, 3.05) is 6.54 Å². The van der Waals surface area contributed by atoms with E-state index in [2.05, 4.69) is 15.6 Å². The molecule has 3 N–H and O–H groups in total. The van der Waals surface area contributed by atoms with Crippen molar-refractivity contribution in [3.63, 3.8) is 0 Å². The average molecular weight is 241 g/mol. The van der Waals surface area contributed by atoms with Crippen LogP contribution in [0.5, 0.6) is 0 Å². The van der Waals surface area contributed by atoms with Crippen molar-refractivity contribution in [2.45, 2.75) is 26.8 Å². The van der Waals surface area contributed by atoms with Gasteiger partial charge in [-0.2, -0.15) is 0 Å². The summed E-state index contributed by atoms with van der Waals surface area (Å²) in [5.41, 5.74) is 0.785. The Morgan fingerprint density at radius 2 is 2.06 bits per heavy atom. The van der Waals surface area contributed by atoms with Gasteiger partial charge in [-0.1, -0.05) is 0 Å². The van der Waals surface area contributed by atoms with Crippen LogP contribution in [0, 0.1) is 13.8 Å². The average Bonchev–Trinajstić information content (AvgIpc) is 2.55. The second kappa shape index (κ2) is 5.88. The maximum absolute atomic E-state index is 11.2. The van der Waals surface area contributed by atoms with E-state index in [0.29, 0.717) is 11.7 Å². The molecule has 0 spiro atoms.